The number of aromatic amines is 1. The van der Waals surface area contributed by atoms with E-state index in [4.69, 9.17) is 0 Å². The van der Waals surface area contributed by atoms with Gasteiger partial charge in [0, 0.05) is 23.6 Å². The number of halogens is 3. The fourth-order valence-electron chi connectivity index (χ4n) is 1.58. The van der Waals surface area contributed by atoms with Crippen LogP contribution >= 0.6 is 0 Å². The second-order valence-electron chi connectivity index (χ2n) is 3.54. The Morgan fingerprint density at radius 1 is 1.22 bits per heavy atom. The second-order valence-corrected chi connectivity index (χ2v) is 3.54. The van der Waals surface area contributed by atoms with Gasteiger partial charge < -0.3 is 4.98 Å². The number of hydrogen-bond acceptors (Lipinski definition) is 3. The first-order chi connectivity index (χ1) is 8.29. The van der Waals surface area contributed by atoms with Crippen LogP contribution in [0.25, 0.3) is 10.9 Å². The van der Waals surface area contributed by atoms with Gasteiger partial charge in [-0.2, -0.15) is 13.2 Å². The molecular weight excluding hydrogens is 253 g/mol. The van der Waals surface area contributed by atoms with Crippen molar-refractivity contribution in [2.45, 2.75) is 6.18 Å². The molecule has 8 heteroatoms. The summed E-state index contributed by atoms with van der Waals surface area (Å²) in [6, 6.07) is 3.49. The van der Waals surface area contributed by atoms with Crippen molar-refractivity contribution >= 4 is 16.6 Å². The summed E-state index contributed by atoms with van der Waals surface area (Å²) in [4.78, 5) is 22.7. The molecule has 0 saturated carbocycles. The number of nitrogens with one attached hydrogen (secondary N) is 1. The quantitative estimate of drug-likeness (QED) is 0.630. The first-order valence-electron chi connectivity index (χ1n) is 4.68. The van der Waals surface area contributed by atoms with Crippen molar-refractivity contribution in [2.24, 2.45) is 0 Å². The van der Waals surface area contributed by atoms with Crippen LogP contribution in [0.15, 0.2) is 29.1 Å². The Labute approximate surface area is 97.0 Å². The zero-order chi connectivity index (χ0) is 13.5. The summed E-state index contributed by atoms with van der Waals surface area (Å²) in [6.45, 7) is 0. The number of pyridine rings is 1. The average molecular weight is 258 g/mol. The lowest BCUT2D eigenvalue weighted by atomic mass is 10.1. The molecule has 5 nitrogen and oxygen atoms in total. The van der Waals surface area contributed by atoms with Crippen LogP contribution in [-0.4, -0.2) is 9.91 Å². The van der Waals surface area contributed by atoms with Crippen molar-refractivity contribution in [2.75, 3.05) is 0 Å². The minimum Gasteiger partial charge on any atom is -0.321 e. The standard InChI is InChI=1S/C10H5F3N2O3/c11-10(12,13)7-4-6(15(17)18)3-5-1-2-8(16)14-9(5)7/h1-4H,(H,14,16). The van der Waals surface area contributed by atoms with Crippen molar-refractivity contribution in [3.8, 4) is 0 Å². The van der Waals surface area contributed by atoms with Gasteiger partial charge in [0.2, 0.25) is 5.56 Å². The number of non-ortho nitro benzene ring substituents is 1. The molecule has 0 unspecified atom stereocenters. The monoisotopic (exact) mass is 258 g/mol. The smallest absolute Gasteiger partial charge is 0.321 e. The molecule has 18 heavy (non-hydrogen) atoms. The normalized spacial score (nSPS) is 11.7. The maximum absolute atomic E-state index is 12.7. The molecular formula is C10H5F3N2O3. The number of nitrogens with zero attached hydrogens (tertiary/aromatic N) is 1. The third kappa shape index (κ3) is 2.04. The summed E-state index contributed by atoms with van der Waals surface area (Å²) >= 11 is 0. The van der Waals surface area contributed by atoms with Gasteiger partial charge in [-0.1, -0.05) is 0 Å². The van der Waals surface area contributed by atoms with Gasteiger partial charge in [-0.25, -0.2) is 0 Å². The third-order valence-electron chi connectivity index (χ3n) is 2.33. The van der Waals surface area contributed by atoms with Crippen molar-refractivity contribution in [1.82, 2.24) is 4.98 Å². The molecule has 94 valence electrons. The Morgan fingerprint density at radius 2 is 1.89 bits per heavy atom. The van der Waals surface area contributed by atoms with E-state index in [9.17, 15) is 28.1 Å². The number of nitro groups is 1. The minimum atomic E-state index is -4.78. The minimum absolute atomic E-state index is 0.0453. The molecule has 0 spiro atoms. The predicted molar refractivity (Wildman–Crippen MR) is 56.2 cm³/mol. The van der Waals surface area contributed by atoms with E-state index >= 15 is 0 Å². The number of aromatic nitrogens is 1. The molecule has 0 aliphatic heterocycles. The van der Waals surface area contributed by atoms with Crippen LogP contribution in [0.1, 0.15) is 5.56 Å². The Kier molecular flexibility index (Phi) is 2.57. The highest BCUT2D eigenvalue weighted by molar-refractivity contribution is 5.84. The van der Waals surface area contributed by atoms with E-state index in [1.165, 1.54) is 0 Å². The molecule has 0 amide bonds. The van der Waals surface area contributed by atoms with Crippen molar-refractivity contribution in [3.05, 3.63) is 50.3 Å². The first-order valence-corrected chi connectivity index (χ1v) is 4.68. The molecule has 0 fully saturated rings. The molecule has 1 heterocycles. The van der Waals surface area contributed by atoms with Crippen molar-refractivity contribution < 1.29 is 18.1 Å². The molecule has 0 radical (unpaired) electrons. The summed E-state index contributed by atoms with van der Waals surface area (Å²) in [5, 5.41) is 10.5. The van der Waals surface area contributed by atoms with Crippen LogP contribution < -0.4 is 5.56 Å². The summed E-state index contributed by atoms with van der Waals surface area (Å²) < 4.78 is 38.2. The number of benzene rings is 1. The molecule has 2 rings (SSSR count). The van der Waals surface area contributed by atoms with Gasteiger partial charge in [-0.15, -0.1) is 0 Å². The van der Waals surface area contributed by atoms with E-state index in [1.54, 1.807) is 0 Å². The van der Waals surface area contributed by atoms with E-state index in [-0.39, 0.29) is 5.39 Å². The van der Waals surface area contributed by atoms with E-state index in [2.05, 4.69) is 0 Å². The molecule has 0 bridgehead atoms. The number of hydrogen-bond donors (Lipinski definition) is 1. The second kappa shape index (κ2) is 3.83. The maximum Gasteiger partial charge on any atom is 0.418 e. The average Bonchev–Trinajstić information content (AvgIpc) is 2.26. The van der Waals surface area contributed by atoms with E-state index < -0.39 is 33.4 Å². The maximum atomic E-state index is 12.7. The molecule has 1 aromatic heterocycles. The molecule has 0 aliphatic rings. The summed E-state index contributed by atoms with van der Waals surface area (Å²) in [5.74, 6) is 0. The summed E-state index contributed by atoms with van der Waals surface area (Å²) in [6.07, 6.45) is -4.78. The molecule has 0 saturated heterocycles. The summed E-state index contributed by atoms with van der Waals surface area (Å²) in [7, 11) is 0. The fraction of sp³-hybridized carbons (Fsp3) is 0.100. The van der Waals surface area contributed by atoms with E-state index in [1.807, 2.05) is 4.98 Å². The van der Waals surface area contributed by atoms with Crippen molar-refractivity contribution in [1.29, 1.82) is 0 Å². The van der Waals surface area contributed by atoms with Crippen LogP contribution in [-0.2, 0) is 6.18 Å². The van der Waals surface area contributed by atoms with Crippen LogP contribution in [0.4, 0.5) is 18.9 Å². The fourth-order valence-corrected chi connectivity index (χ4v) is 1.58. The highest BCUT2D eigenvalue weighted by Gasteiger charge is 2.35. The van der Waals surface area contributed by atoms with Gasteiger partial charge in [0.05, 0.1) is 16.0 Å². The Hall–Kier alpha value is -2.38. The molecule has 1 N–H and O–H groups in total. The Balaban J connectivity index is 2.90. The number of alkyl halides is 3. The molecule has 0 aliphatic carbocycles. The number of H-pyrrole nitrogens is 1. The lowest BCUT2D eigenvalue weighted by Crippen LogP contribution is -2.11. The van der Waals surface area contributed by atoms with E-state index in [0.717, 1.165) is 18.2 Å². The summed E-state index contributed by atoms with van der Waals surface area (Å²) in [5.41, 5.74) is -3.08. The highest BCUT2D eigenvalue weighted by atomic mass is 19.4. The SMILES string of the molecule is O=c1ccc2cc([N+](=O)[O-])cc(C(F)(F)F)c2[nH]1. The lowest BCUT2D eigenvalue weighted by molar-refractivity contribution is -0.385. The first kappa shape index (κ1) is 12.1. The highest BCUT2D eigenvalue weighted by Crippen LogP contribution is 2.36. The molecule has 2 aromatic rings. The number of fused-ring (bicyclic) bond motifs is 1. The van der Waals surface area contributed by atoms with Gasteiger partial charge >= 0.3 is 6.18 Å². The number of nitro benzene ring substituents is 1. The largest absolute Gasteiger partial charge is 0.418 e. The van der Waals surface area contributed by atoms with Gasteiger partial charge in [0.15, 0.2) is 0 Å². The predicted octanol–water partition coefficient (Wildman–Crippen LogP) is 2.46. The topological polar surface area (TPSA) is 76.0 Å². The van der Waals surface area contributed by atoms with E-state index in [0.29, 0.717) is 6.07 Å². The van der Waals surface area contributed by atoms with Crippen LogP contribution in [0.2, 0.25) is 0 Å². The van der Waals surface area contributed by atoms with Crippen LogP contribution in [0, 0.1) is 10.1 Å². The number of rotatable bonds is 1. The third-order valence-corrected chi connectivity index (χ3v) is 2.33. The van der Waals surface area contributed by atoms with Crippen molar-refractivity contribution in [3.63, 3.8) is 0 Å². The Morgan fingerprint density at radius 3 is 2.44 bits per heavy atom. The Bertz CT molecular complexity index is 691. The van der Waals surface area contributed by atoms with Gasteiger partial charge in [-0.3, -0.25) is 14.9 Å². The van der Waals surface area contributed by atoms with Gasteiger partial charge in [0.1, 0.15) is 0 Å². The van der Waals surface area contributed by atoms with Crippen LogP contribution in [0.3, 0.4) is 0 Å². The zero-order valence-electron chi connectivity index (χ0n) is 8.62. The van der Waals surface area contributed by atoms with Gasteiger partial charge in [-0.05, 0) is 6.07 Å². The lowest BCUT2D eigenvalue weighted by Gasteiger charge is -2.09. The van der Waals surface area contributed by atoms with Gasteiger partial charge in [0.25, 0.3) is 5.69 Å². The molecule has 1 aromatic carbocycles. The van der Waals surface area contributed by atoms with Crippen LogP contribution in [0.5, 0.6) is 0 Å². The molecule has 0 atom stereocenters. The zero-order valence-corrected chi connectivity index (χ0v) is 8.62.